The largest absolute Gasteiger partial charge is 0.325 e. The Morgan fingerprint density at radius 3 is 2.64 bits per heavy atom. The average Bonchev–Trinajstić information content (AvgIpc) is 1.85. The van der Waals surface area contributed by atoms with Crippen molar-refractivity contribution in [3.05, 3.63) is 12.2 Å². The van der Waals surface area contributed by atoms with Crippen molar-refractivity contribution in [3.8, 4) is 0 Å². The van der Waals surface area contributed by atoms with Crippen LogP contribution < -0.4 is 0 Å². The molecule has 0 rings (SSSR count). The zero-order valence-electron chi connectivity index (χ0n) is 6.99. The Kier molecular flexibility index (Phi) is 5.47. The molecule has 0 aromatic carbocycles. The first-order chi connectivity index (χ1) is 5.06. The molecule has 0 aromatic rings. The van der Waals surface area contributed by atoms with Crippen LogP contribution in [-0.4, -0.2) is 18.2 Å². The van der Waals surface area contributed by atoms with Gasteiger partial charge in [-0.1, -0.05) is 25.5 Å². The molecule has 4 heteroatoms. The minimum absolute atomic E-state index is 0.226. The minimum Gasteiger partial charge on any atom is -0.324 e. The first-order valence-corrected chi connectivity index (χ1v) is 5.68. The number of hydrogen-bond donors (Lipinski definition) is 1. The number of rotatable bonds is 5. The molecule has 0 aromatic heterocycles. The molecule has 0 radical (unpaired) electrons. The zero-order valence-corrected chi connectivity index (χ0v) is 7.88. The van der Waals surface area contributed by atoms with E-state index in [2.05, 4.69) is 11.4 Å². The van der Waals surface area contributed by atoms with Gasteiger partial charge in [-0.25, -0.2) is 0 Å². The maximum Gasteiger partial charge on any atom is 0.325 e. The predicted molar refractivity (Wildman–Crippen MR) is 45.7 cm³/mol. The van der Waals surface area contributed by atoms with E-state index in [9.17, 15) is 4.57 Å². The van der Waals surface area contributed by atoms with Gasteiger partial charge in [0.1, 0.15) is 0 Å². The molecule has 0 aliphatic heterocycles. The van der Waals surface area contributed by atoms with Crippen molar-refractivity contribution in [3.63, 3.8) is 0 Å². The van der Waals surface area contributed by atoms with Crippen molar-refractivity contribution < 1.29 is 14.0 Å². The predicted octanol–water partition coefficient (Wildman–Crippen LogP) is 2.17. The van der Waals surface area contributed by atoms with E-state index < -0.39 is 7.60 Å². The van der Waals surface area contributed by atoms with Crippen LogP contribution in [0.3, 0.4) is 0 Å². The van der Waals surface area contributed by atoms with E-state index in [0.717, 1.165) is 12.8 Å². The summed E-state index contributed by atoms with van der Waals surface area (Å²) in [4.78, 5) is 8.67. The lowest BCUT2D eigenvalue weighted by Gasteiger charge is -2.02. The van der Waals surface area contributed by atoms with Crippen molar-refractivity contribution in [2.45, 2.75) is 19.8 Å². The SMILES string of the molecule is CCCC=CCOP(C)(=O)O. The van der Waals surface area contributed by atoms with Crippen molar-refractivity contribution in [2.75, 3.05) is 13.3 Å². The summed E-state index contributed by atoms with van der Waals surface area (Å²) in [6.45, 7) is 3.48. The van der Waals surface area contributed by atoms with Crippen molar-refractivity contribution >= 4 is 7.60 Å². The lowest BCUT2D eigenvalue weighted by Crippen LogP contribution is -1.86. The molecule has 11 heavy (non-hydrogen) atoms. The third-order valence-electron chi connectivity index (χ3n) is 1.03. The second kappa shape index (κ2) is 5.53. The van der Waals surface area contributed by atoms with Crippen LogP contribution in [0, 0.1) is 0 Å². The molecule has 3 nitrogen and oxygen atoms in total. The molecule has 1 atom stereocenters. The molecule has 0 spiro atoms. The third kappa shape index (κ3) is 9.89. The Balaban J connectivity index is 3.34. The first kappa shape index (κ1) is 10.9. The standard InChI is InChI=1S/C7H15O3P/c1-3-4-5-6-7-10-11(2,8)9/h5-6H,3-4,7H2,1-2H3,(H,8,9). The molecule has 0 fully saturated rings. The summed E-state index contributed by atoms with van der Waals surface area (Å²) in [5.41, 5.74) is 0. The molecule has 0 saturated heterocycles. The van der Waals surface area contributed by atoms with Gasteiger partial charge in [-0.15, -0.1) is 0 Å². The van der Waals surface area contributed by atoms with E-state index in [1.807, 2.05) is 6.08 Å². The summed E-state index contributed by atoms with van der Waals surface area (Å²) >= 11 is 0. The first-order valence-electron chi connectivity index (χ1n) is 3.66. The van der Waals surface area contributed by atoms with Gasteiger partial charge in [-0.2, -0.15) is 0 Å². The van der Waals surface area contributed by atoms with Crippen molar-refractivity contribution in [1.82, 2.24) is 0 Å². The summed E-state index contributed by atoms with van der Waals surface area (Å²) in [5.74, 6) is 0. The maximum atomic E-state index is 10.5. The van der Waals surface area contributed by atoms with Crippen LogP contribution in [0.15, 0.2) is 12.2 Å². The molecule has 0 saturated carbocycles. The highest BCUT2D eigenvalue weighted by atomic mass is 31.2. The van der Waals surface area contributed by atoms with Crippen LogP contribution in [0.2, 0.25) is 0 Å². The Labute approximate surface area is 67.6 Å². The maximum absolute atomic E-state index is 10.5. The molecular weight excluding hydrogens is 163 g/mol. The van der Waals surface area contributed by atoms with Gasteiger partial charge in [0.2, 0.25) is 0 Å². The van der Waals surface area contributed by atoms with Crippen LogP contribution in [0.4, 0.5) is 0 Å². The molecule has 0 amide bonds. The van der Waals surface area contributed by atoms with Crippen LogP contribution >= 0.6 is 7.60 Å². The highest BCUT2D eigenvalue weighted by Crippen LogP contribution is 2.35. The molecule has 0 aliphatic rings. The van der Waals surface area contributed by atoms with E-state index in [1.165, 1.54) is 6.66 Å². The summed E-state index contributed by atoms with van der Waals surface area (Å²) < 4.78 is 15.1. The van der Waals surface area contributed by atoms with E-state index in [0.29, 0.717) is 0 Å². The van der Waals surface area contributed by atoms with Crippen molar-refractivity contribution in [1.29, 1.82) is 0 Å². The van der Waals surface area contributed by atoms with Crippen LogP contribution in [0.25, 0.3) is 0 Å². The Hall–Kier alpha value is -0.110. The van der Waals surface area contributed by atoms with Gasteiger partial charge in [-0.3, -0.25) is 4.57 Å². The molecule has 1 N–H and O–H groups in total. The fraction of sp³-hybridized carbons (Fsp3) is 0.714. The molecule has 0 aliphatic carbocycles. The summed E-state index contributed by atoms with van der Waals surface area (Å²) in [7, 11) is -3.27. The summed E-state index contributed by atoms with van der Waals surface area (Å²) in [6.07, 6.45) is 5.77. The van der Waals surface area contributed by atoms with E-state index in [-0.39, 0.29) is 6.61 Å². The van der Waals surface area contributed by atoms with Gasteiger partial charge < -0.3 is 9.42 Å². The van der Waals surface area contributed by atoms with E-state index in [1.54, 1.807) is 6.08 Å². The Morgan fingerprint density at radius 2 is 2.18 bits per heavy atom. The van der Waals surface area contributed by atoms with Gasteiger partial charge in [-0.05, 0) is 6.42 Å². The second-order valence-corrected chi connectivity index (χ2v) is 4.22. The third-order valence-corrected chi connectivity index (χ3v) is 1.66. The lowest BCUT2D eigenvalue weighted by atomic mass is 10.3. The number of allylic oxidation sites excluding steroid dienone is 1. The zero-order chi connectivity index (χ0) is 8.74. The van der Waals surface area contributed by atoms with Gasteiger partial charge in [0, 0.05) is 6.66 Å². The van der Waals surface area contributed by atoms with Crippen LogP contribution in [0.5, 0.6) is 0 Å². The topological polar surface area (TPSA) is 46.5 Å². The quantitative estimate of drug-likeness (QED) is 0.518. The van der Waals surface area contributed by atoms with Crippen LogP contribution in [0.1, 0.15) is 19.8 Å². The Morgan fingerprint density at radius 1 is 1.55 bits per heavy atom. The van der Waals surface area contributed by atoms with E-state index in [4.69, 9.17) is 4.89 Å². The van der Waals surface area contributed by atoms with Gasteiger partial charge in [0.15, 0.2) is 0 Å². The summed E-state index contributed by atoms with van der Waals surface area (Å²) in [5, 5.41) is 0. The van der Waals surface area contributed by atoms with Crippen LogP contribution in [-0.2, 0) is 9.09 Å². The highest BCUT2D eigenvalue weighted by molar-refractivity contribution is 7.51. The van der Waals surface area contributed by atoms with Gasteiger partial charge in [0.25, 0.3) is 0 Å². The second-order valence-electron chi connectivity index (χ2n) is 2.36. The summed E-state index contributed by atoms with van der Waals surface area (Å²) in [6, 6.07) is 0. The molecule has 0 bridgehead atoms. The normalized spacial score (nSPS) is 17.0. The molecule has 0 heterocycles. The smallest absolute Gasteiger partial charge is 0.324 e. The lowest BCUT2D eigenvalue weighted by molar-refractivity contribution is 0.293. The van der Waals surface area contributed by atoms with Gasteiger partial charge >= 0.3 is 7.60 Å². The van der Waals surface area contributed by atoms with E-state index >= 15 is 0 Å². The Bertz CT molecular complexity index is 159. The average molecular weight is 178 g/mol. The number of unbranched alkanes of at least 4 members (excludes halogenated alkanes) is 1. The molecule has 1 unspecified atom stereocenters. The molecular formula is C7H15O3P. The minimum atomic E-state index is -3.27. The molecule has 66 valence electrons. The monoisotopic (exact) mass is 178 g/mol. The van der Waals surface area contributed by atoms with Gasteiger partial charge in [0.05, 0.1) is 6.61 Å². The van der Waals surface area contributed by atoms with Crippen molar-refractivity contribution in [2.24, 2.45) is 0 Å². The fourth-order valence-corrected chi connectivity index (χ4v) is 0.897. The number of hydrogen-bond acceptors (Lipinski definition) is 2. The highest BCUT2D eigenvalue weighted by Gasteiger charge is 2.06. The fourth-order valence-electron chi connectivity index (χ4n) is 0.534.